The first-order valence-electron chi connectivity index (χ1n) is 9.57. The molecule has 2 aromatic carbocycles. The summed E-state index contributed by atoms with van der Waals surface area (Å²) in [6.07, 6.45) is 3.69. The second-order valence-electron chi connectivity index (χ2n) is 8.25. The first kappa shape index (κ1) is 19.6. The summed E-state index contributed by atoms with van der Waals surface area (Å²) in [5.74, 6) is 1.61. The van der Waals surface area contributed by atoms with Crippen LogP contribution in [0.15, 0.2) is 59.8 Å². The highest BCUT2D eigenvalue weighted by Crippen LogP contribution is 2.47. The molecule has 0 radical (unpaired) electrons. The molecule has 0 aliphatic heterocycles. The van der Waals surface area contributed by atoms with E-state index in [0.29, 0.717) is 0 Å². The molecule has 7 heteroatoms. The van der Waals surface area contributed by atoms with Crippen molar-refractivity contribution in [3.05, 3.63) is 54.9 Å². The van der Waals surface area contributed by atoms with Crippen LogP contribution < -0.4 is 9.64 Å². The van der Waals surface area contributed by atoms with Gasteiger partial charge in [-0.1, -0.05) is 32.0 Å². The van der Waals surface area contributed by atoms with Crippen LogP contribution in [0.4, 0.5) is 5.82 Å². The molecule has 0 saturated heterocycles. The maximum absolute atomic E-state index is 12.0. The van der Waals surface area contributed by atoms with Crippen molar-refractivity contribution in [1.82, 2.24) is 9.97 Å². The van der Waals surface area contributed by atoms with E-state index in [1.165, 1.54) is 12.6 Å². The van der Waals surface area contributed by atoms with Crippen molar-refractivity contribution in [2.24, 2.45) is 5.41 Å². The van der Waals surface area contributed by atoms with Gasteiger partial charge in [-0.15, -0.1) is 0 Å². The van der Waals surface area contributed by atoms with Crippen LogP contribution in [0, 0.1) is 5.41 Å². The third-order valence-corrected chi connectivity index (χ3v) is 7.07. The zero-order valence-electron chi connectivity index (χ0n) is 17.0. The van der Waals surface area contributed by atoms with E-state index >= 15 is 0 Å². The minimum atomic E-state index is -3.31. The lowest BCUT2D eigenvalue weighted by Crippen LogP contribution is -2.62. The highest BCUT2D eigenvalue weighted by molar-refractivity contribution is 7.90. The topological polar surface area (TPSA) is 72.4 Å². The monoisotopic (exact) mass is 411 g/mol. The Morgan fingerprint density at radius 3 is 2.48 bits per heavy atom. The molecule has 1 fully saturated rings. The van der Waals surface area contributed by atoms with Gasteiger partial charge in [0.1, 0.15) is 24.0 Å². The van der Waals surface area contributed by atoms with Gasteiger partial charge in [0, 0.05) is 36.6 Å². The van der Waals surface area contributed by atoms with Gasteiger partial charge in [0.25, 0.3) is 0 Å². The molecule has 0 N–H and O–H groups in total. The number of ether oxygens (including phenoxy) is 1. The quantitative estimate of drug-likeness (QED) is 0.637. The first-order chi connectivity index (χ1) is 13.7. The van der Waals surface area contributed by atoms with E-state index in [2.05, 4.69) is 28.7 Å². The van der Waals surface area contributed by atoms with Crippen LogP contribution in [0.3, 0.4) is 0 Å². The van der Waals surface area contributed by atoms with Crippen molar-refractivity contribution in [2.75, 3.05) is 18.2 Å². The molecule has 4 rings (SSSR count). The number of anilines is 1. The van der Waals surface area contributed by atoms with E-state index in [-0.39, 0.29) is 22.5 Å². The Morgan fingerprint density at radius 2 is 1.83 bits per heavy atom. The number of hydrogen-bond acceptors (Lipinski definition) is 6. The Balaban J connectivity index is 1.63. The molecule has 0 spiro atoms. The molecule has 2 unspecified atom stereocenters. The number of fused-ring (bicyclic) bond motifs is 1. The third kappa shape index (κ3) is 3.55. The molecule has 3 aromatic rings. The number of nitrogens with zero attached hydrogens (tertiary/aromatic N) is 3. The van der Waals surface area contributed by atoms with Crippen LogP contribution in [0.2, 0.25) is 0 Å². The summed E-state index contributed by atoms with van der Waals surface area (Å²) in [5, 5.41) is 0.737. The first-order valence-corrected chi connectivity index (χ1v) is 11.5. The van der Waals surface area contributed by atoms with E-state index in [0.717, 1.165) is 28.9 Å². The largest absolute Gasteiger partial charge is 0.490 e. The summed E-state index contributed by atoms with van der Waals surface area (Å²) < 4.78 is 30.2. The summed E-state index contributed by atoms with van der Waals surface area (Å²) in [6.45, 7) is 4.38. The minimum Gasteiger partial charge on any atom is -0.490 e. The fourth-order valence-electron chi connectivity index (χ4n) is 4.07. The van der Waals surface area contributed by atoms with Crippen LogP contribution in [-0.2, 0) is 9.84 Å². The molecule has 152 valence electrons. The molecule has 0 bridgehead atoms. The molecule has 0 amide bonds. The highest BCUT2D eigenvalue weighted by atomic mass is 32.2. The van der Waals surface area contributed by atoms with Gasteiger partial charge in [-0.3, -0.25) is 0 Å². The Morgan fingerprint density at radius 1 is 1.10 bits per heavy atom. The van der Waals surface area contributed by atoms with Gasteiger partial charge in [0.05, 0.1) is 10.4 Å². The van der Waals surface area contributed by atoms with Gasteiger partial charge in [0.15, 0.2) is 9.84 Å². The predicted molar refractivity (Wildman–Crippen MR) is 114 cm³/mol. The fraction of sp³-hybridized carbons (Fsp3) is 0.364. The molecule has 1 aliphatic carbocycles. The smallest absolute Gasteiger partial charge is 0.175 e. The lowest BCUT2D eigenvalue weighted by molar-refractivity contribution is -0.0416. The van der Waals surface area contributed by atoms with E-state index < -0.39 is 9.84 Å². The second kappa shape index (κ2) is 6.99. The van der Waals surface area contributed by atoms with Crippen molar-refractivity contribution in [3.8, 4) is 5.75 Å². The Hall–Kier alpha value is -2.67. The zero-order chi connectivity index (χ0) is 20.8. The van der Waals surface area contributed by atoms with Crippen molar-refractivity contribution in [1.29, 1.82) is 0 Å². The summed E-state index contributed by atoms with van der Waals surface area (Å²) in [5.41, 5.74) is 0.625. The molecule has 1 aliphatic rings. The third-order valence-electron chi connectivity index (χ3n) is 5.96. The fourth-order valence-corrected chi connectivity index (χ4v) is 4.71. The summed E-state index contributed by atoms with van der Waals surface area (Å²) in [6, 6.07) is 15.0. The number of sulfone groups is 1. The normalized spacial score (nSPS) is 20.8. The summed E-state index contributed by atoms with van der Waals surface area (Å²) >= 11 is 0. The maximum atomic E-state index is 12.0. The van der Waals surface area contributed by atoms with Crippen LogP contribution in [0.5, 0.6) is 5.75 Å². The highest BCUT2D eigenvalue weighted by Gasteiger charge is 2.52. The van der Waals surface area contributed by atoms with Crippen LogP contribution in [0.25, 0.3) is 10.9 Å². The van der Waals surface area contributed by atoms with Gasteiger partial charge < -0.3 is 9.64 Å². The molecule has 29 heavy (non-hydrogen) atoms. The molecular weight excluding hydrogens is 386 g/mol. The van der Waals surface area contributed by atoms with E-state index in [9.17, 15) is 8.42 Å². The Kier molecular flexibility index (Phi) is 4.73. The van der Waals surface area contributed by atoms with Crippen molar-refractivity contribution in [3.63, 3.8) is 0 Å². The van der Waals surface area contributed by atoms with Gasteiger partial charge in [0.2, 0.25) is 0 Å². The molecule has 1 saturated carbocycles. The number of aromatic nitrogens is 2. The number of rotatable bonds is 5. The SMILES string of the molecule is CN(c1ncnc2ccc(S(C)(=O)=O)cc12)C1CC(Oc2ccccc2)C1(C)C. The van der Waals surface area contributed by atoms with Crippen LogP contribution >= 0.6 is 0 Å². The molecule has 1 aromatic heterocycles. The second-order valence-corrected chi connectivity index (χ2v) is 10.3. The average Bonchev–Trinajstić information content (AvgIpc) is 2.69. The van der Waals surface area contributed by atoms with E-state index in [1.807, 2.05) is 37.4 Å². The molecule has 2 atom stereocenters. The van der Waals surface area contributed by atoms with Crippen molar-refractivity contribution < 1.29 is 13.2 Å². The lowest BCUT2D eigenvalue weighted by Gasteiger charge is -2.55. The van der Waals surface area contributed by atoms with E-state index in [4.69, 9.17) is 4.74 Å². The van der Waals surface area contributed by atoms with Crippen molar-refractivity contribution in [2.45, 2.75) is 37.3 Å². The van der Waals surface area contributed by atoms with Gasteiger partial charge in [-0.05, 0) is 30.3 Å². The molecular formula is C22H25N3O3S. The van der Waals surface area contributed by atoms with E-state index in [1.54, 1.807) is 18.2 Å². The maximum Gasteiger partial charge on any atom is 0.175 e. The predicted octanol–water partition coefficient (Wildman–Crippen LogP) is 3.72. The number of benzene rings is 2. The van der Waals surface area contributed by atoms with Gasteiger partial charge in [-0.25, -0.2) is 18.4 Å². The number of hydrogen-bond donors (Lipinski definition) is 0. The summed E-state index contributed by atoms with van der Waals surface area (Å²) in [7, 11) is -1.31. The Labute approximate surface area is 171 Å². The standard InChI is InChI=1S/C22H25N3O3S/c1-22(2)19(13-20(22)28-15-8-6-5-7-9-15)25(3)21-17-12-16(29(4,26)27)10-11-18(17)23-14-24-21/h5-12,14,19-20H,13H2,1-4H3. The summed E-state index contributed by atoms with van der Waals surface area (Å²) in [4.78, 5) is 11.2. The van der Waals surface area contributed by atoms with Gasteiger partial charge in [-0.2, -0.15) is 0 Å². The number of para-hydroxylation sites is 1. The van der Waals surface area contributed by atoms with Crippen LogP contribution in [0.1, 0.15) is 20.3 Å². The van der Waals surface area contributed by atoms with Crippen molar-refractivity contribution >= 4 is 26.6 Å². The zero-order valence-corrected chi connectivity index (χ0v) is 17.8. The molecule has 6 nitrogen and oxygen atoms in total. The average molecular weight is 412 g/mol. The lowest BCUT2D eigenvalue weighted by atomic mass is 9.63. The molecule has 1 heterocycles. The minimum absolute atomic E-state index is 0.0945. The van der Waals surface area contributed by atoms with Gasteiger partial charge >= 0.3 is 0 Å². The Bertz CT molecular complexity index is 1150. The van der Waals surface area contributed by atoms with Crippen LogP contribution in [-0.4, -0.2) is 43.8 Å².